The molecule has 30 heavy (non-hydrogen) atoms. The first-order valence-electron chi connectivity index (χ1n) is 10.6. The van der Waals surface area contributed by atoms with Gasteiger partial charge in [-0.2, -0.15) is 5.10 Å². The predicted octanol–water partition coefficient (Wildman–Crippen LogP) is 3.37. The minimum Gasteiger partial charge on any atom is -0.338 e. The average Bonchev–Trinajstić information content (AvgIpc) is 3.50. The fraction of sp³-hybridized carbons (Fsp3) is 0.391. The maximum atomic E-state index is 12.9. The van der Waals surface area contributed by atoms with Crippen molar-refractivity contribution in [1.29, 1.82) is 0 Å². The summed E-state index contributed by atoms with van der Waals surface area (Å²) in [6, 6.07) is 11.4. The fourth-order valence-electron chi connectivity index (χ4n) is 4.14. The highest BCUT2D eigenvalue weighted by Crippen LogP contribution is 2.38. The molecule has 2 aromatic heterocycles. The van der Waals surface area contributed by atoms with E-state index in [1.807, 2.05) is 37.3 Å². The fourth-order valence-corrected chi connectivity index (χ4v) is 4.14. The van der Waals surface area contributed by atoms with Crippen molar-refractivity contribution in [3.8, 4) is 11.3 Å². The highest BCUT2D eigenvalue weighted by atomic mass is 16.2. The second-order valence-corrected chi connectivity index (χ2v) is 8.40. The average molecular weight is 403 g/mol. The summed E-state index contributed by atoms with van der Waals surface area (Å²) < 4.78 is 0. The molecule has 0 bridgehead atoms. The number of likely N-dealkylation sites (tertiary alicyclic amines) is 1. The van der Waals surface area contributed by atoms with E-state index in [1.165, 1.54) is 12.8 Å². The molecule has 1 aliphatic heterocycles. The van der Waals surface area contributed by atoms with Crippen LogP contribution in [0.5, 0.6) is 0 Å². The number of aromatic amines is 2. The molecule has 1 saturated heterocycles. The molecule has 3 aromatic rings. The lowest BCUT2D eigenvalue weighted by atomic mass is 9.95. The van der Waals surface area contributed by atoms with Crippen molar-refractivity contribution in [2.45, 2.75) is 44.4 Å². The summed E-state index contributed by atoms with van der Waals surface area (Å²) >= 11 is 0. The van der Waals surface area contributed by atoms with Crippen LogP contribution in [0.4, 0.5) is 0 Å². The lowest BCUT2D eigenvalue weighted by Crippen LogP contribution is -2.40. The zero-order chi connectivity index (χ0) is 20.7. The monoisotopic (exact) mass is 403 g/mol. The van der Waals surface area contributed by atoms with Crippen LogP contribution in [-0.4, -0.2) is 44.1 Å². The molecule has 1 amide bonds. The van der Waals surface area contributed by atoms with E-state index in [0.29, 0.717) is 19.0 Å². The van der Waals surface area contributed by atoms with E-state index in [9.17, 15) is 9.59 Å². The van der Waals surface area contributed by atoms with Crippen molar-refractivity contribution in [3.05, 3.63) is 69.5 Å². The highest BCUT2D eigenvalue weighted by molar-refractivity contribution is 5.94. The van der Waals surface area contributed by atoms with Gasteiger partial charge in [-0.15, -0.1) is 0 Å². The number of aryl methyl sites for hydroxylation is 1. The Morgan fingerprint density at radius 3 is 2.57 bits per heavy atom. The summed E-state index contributed by atoms with van der Waals surface area (Å²) in [7, 11) is 0. The van der Waals surface area contributed by atoms with Gasteiger partial charge in [0.15, 0.2) is 5.82 Å². The number of H-pyrrole nitrogens is 2. The van der Waals surface area contributed by atoms with Gasteiger partial charge in [-0.25, -0.2) is 4.98 Å². The first-order chi connectivity index (χ1) is 14.6. The van der Waals surface area contributed by atoms with Gasteiger partial charge in [0, 0.05) is 30.6 Å². The van der Waals surface area contributed by atoms with E-state index in [1.54, 1.807) is 11.0 Å². The van der Waals surface area contributed by atoms with Gasteiger partial charge in [-0.05, 0) is 56.4 Å². The number of carbonyl (C=O) groups excluding carboxylic acids is 1. The molecule has 7 heteroatoms. The minimum atomic E-state index is -0.342. The molecule has 0 unspecified atom stereocenters. The van der Waals surface area contributed by atoms with Crippen molar-refractivity contribution in [3.63, 3.8) is 0 Å². The quantitative estimate of drug-likeness (QED) is 0.698. The Hall–Kier alpha value is -3.22. The van der Waals surface area contributed by atoms with Crippen LogP contribution in [0.25, 0.3) is 11.3 Å². The number of aromatic nitrogens is 4. The number of nitrogens with zero attached hydrogens (tertiary/aromatic N) is 3. The van der Waals surface area contributed by atoms with E-state index in [2.05, 4.69) is 20.2 Å². The molecule has 0 spiro atoms. The molecule has 0 radical (unpaired) electrons. The van der Waals surface area contributed by atoms with Crippen LogP contribution in [0.2, 0.25) is 0 Å². The summed E-state index contributed by atoms with van der Waals surface area (Å²) in [4.78, 5) is 34.8. The number of hydrogen-bond donors (Lipinski definition) is 2. The third-order valence-corrected chi connectivity index (χ3v) is 6.10. The third-order valence-electron chi connectivity index (χ3n) is 6.10. The zero-order valence-electron chi connectivity index (χ0n) is 17.0. The normalized spacial score (nSPS) is 17.3. The summed E-state index contributed by atoms with van der Waals surface area (Å²) in [5, 5.41) is 7.43. The van der Waals surface area contributed by atoms with Crippen LogP contribution in [-0.2, 0) is 0 Å². The maximum absolute atomic E-state index is 12.9. The number of piperidine rings is 1. The van der Waals surface area contributed by atoms with Crippen molar-refractivity contribution >= 4 is 5.91 Å². The van der Waals surface area contributed by atoms with E-state index in [4.69, 9.17) is 0 Å². The van der Waals surface area contributed by atoms with Crippen molar-refractivity contribution in [2.24, 2.45) is 0 Å². The lowest BCUT2D eigenvalue weighted by molar-refractivity contribution is 0.0709. The number of rotatable bonds is 4. The summed E-state index contributed by atoms with van der Waals surface area (Å²) in [6.45, 7) is 3.23. The second-order valence-electron chi connectivity index (χ2n) is 8.40. The van der Waals surface area contributed by atoms with Crippen LogP contribution >= 0.6 is 0 Å². The molecule has 1 saturated carbocycles. The standard InChI is InChI=1S/C23H25N5O2/c1-14-3-2-4-17(13-14)19-8-7-18(22(29)24-19)23(30)28-11-9-16(10-12-28)21-25-20(26-27-21)15-5-6-15/h2-4,7-8,13,15-16H,5-6,9-12H2,1H3,(H,24,29)(H,25,26,27). The van der Waals surface area contributed by atoms with Crippen molar-refractivity contribution < 1.29 is 4.79 Å². The van der Waals surface area contributed by atoms with Crippen LogP contribution in [0.15, 0.2) is 41.2 Å². The van der Waals surface area contributed by atoms with Gasteiger partial charge in [0.1, 0.15) is 11.4 Å². The highest BCUT2D eigenvalue weighted by Gasteiger charge is 2.31. The molecule has 0 atom stereocenters. The Morgan fingerprint density at radius 1 is 1.07 bits per heavy atom. The Kier molecular flexibility index (Phi) is 4.73. The zero-order valence-corrected chi connectivity index (χ0v) is 17.0. The smallest absolute Gasteiger partial charge is 0.261 e. The number of amides is 1. The second kappa shape index (κ2) is 7.55. The van der Waals surface area contributed by atoms with Gasteiger partial charge in [-0.1, -0.05) is 23.8 Å². The molecule has 154 valence electrons. The van der Waals surface area contributed by atoms with E-state index in [-0.39, 0.29) is 22.9 Å². The molecule has 7 nitrogen and oxygen atoms in total. The molecular weight excluding hydrogens is 378 g/mol. The molecule has 3 heterocycles. The number of pyridine rings is 1. The van der Waals surface area contributed by atoms with Gasteiger partial charge in [0.05, 0.1) is 0 Å². The largest absolute Gasteiger partial charge is 0.338 e. The molecule has 5 rings (SSSR count). The van der Waals surface area contributed by atoms with Gasteiger partial charge in [-0.3, -0.25) is 14.7 Å². The SMILES string of the molecule is Cc1cccc(-c2ccc(C(=O)N3CCC(c4nc(C5CC5)n[nH]4)CC3)c(=O)[nH]2)c1. The molecule has 1 aromatic carbocycles. The van der Waals surface area contributed by atoms with Gasteiger partial charge in [0.25, 0.3) is 11.5 Å². The summed E-state index contributed by atoms with van der Waals surface area (Å²) in [5.74, 6) is 2.48. The van der Waals surface area contributed by atoms with Crippen LogP contribution < -0.4 is 5.56 Å². The molecule has 1 aliphatic carbocycles. The van der Waals surface area contributed by atoms with Crippen LogP contribution in [0.1, 0.15) is 65.1 Å². The first-order valence-corrected chi connectivity index (χ1v) is 10.6. The Bertz CT molecular complexity index is 1140. The van der Waals surface area contributed by atoms with Gasteiger partial charge < -0.3 is 9.88 Å². The Labute approximate surface area is 174 Å². The molecule has 2 aliphatic rings. The minimum absolute atomic E-state index is 0.195. The Morgan fingerprint density at radius 2 is 1.87 bits per heavy atom. The number of hydrogen-bond acceptors (Lipinski definition) is 4. The molecular formula is C23H25N5O2. The van der Waals surface area contributed by atoms with E-state index >= 15 is 0 Å². The first kappa shape index (κ1) is 18.8. The summed E-state index contributed by atoms with van der Waals surface area (Å²) in [6.07, 6.45) is 4.01. The third kappa shape index (κ3) is 3.67. The van der Waals surface area contributed by atoms with E-state index in [0.717, 1.165) is 41.3 Å². The lowest BCUT2D eigenvalue weighted by Gasteiger charge is -2.30. The number of carbonyl (C=O) groups is 1. The maximum Gasteiger partial charge on any atom is 0.261 e. The van der Waals surface area contributed by atoms with Gasteiger partial charge in [0.2, 0.25) is 0 Å². The predicted molar refractivity (Wildman–Crippen MR) is 113 cm³/mol. The van der Waals surface area contributed by atoms with Gasteiger partial charge >= 0.3 is 0 Å². The van der Waals surface area contributed by atoms with Crippen LogP contribution in [0, 0.1) is 6.92 Å². The molecule has 2 N–H and O–H groups in total. The van der Waals surface area contributed by atoms with E-state index < -0.39 is 0 Å². The summed E-state index contributed by atoms with van der Waals surface area (Å²) in [5.41, 5.74) is 2.62. The van der Waals surface area contributed by atoms with Crippen LogP contribution in [0.3, 0.4) is 0 Å². The number of benzene rings is 1. The Balaban J connectivity index is 1.26. The molecule has 2 fully saturated rings. The topological polar surface area (TPSA) is 94.7 Å². The van der Waals surface area contributed by atoms with Crippen molar-refractivity contribution in [2.75, 3.05) is 13.1 Å². The number of nitrogens with one attached hydrogen (secondary N) is 2. The van der Waals surface area contributed by atoms with Crippen molar-refractivity contribution in [1.82, 2.24) is 25.1 Å².